The number of likely N-dealkylation sites (N-methyl/N-ethyl adjacent to an activating group) is 1. The van der Waals surface area contributed by atoms with E-state index in [-0.39, 0.29) is 32.5 Å². The Balaban J connectivity index is 1.11. The largest absolute Gasteiger partial charge is 0.497 e. The van der Waals surface area contributed by atoms with Crippen molar-refractivity contribution in [3.8, 4) is 23.0 Å². The summed E-state index contributed by atoms with van der Waals surface area (Å²) in [6, 6.07) is 16.2. The third-order valence-electron chi connectivity index (χ3n) is 11.5. The van der Waals surface area contributed by atoms with Gasteiger partial charge in [0.25, 0.3) is 0 Å². The number of carbonyl (C=O) groups excluding carboxylic acids is 2. The number of methoxy groups -OCH3 is 4. The summed E-state index contributed by atoms with van der Waals surface area (Å²) < 4.78 is 40.1. The summed E-state index contributed by atoms with van der Waals surface area (Å²) in [5, 5.41) is 20.0. The van der Waals surface area contributed by atoms with Crippen molar-refractivity contribution in [2.24, 2.45) is 0 Å². The minimum Gasteiger partial charge on any atom is -0.497 e. The van der Waals surface area contributed by atoms with Gasteiger partial charge < -0.3 is 52.3 Å². The summed E-state index contributed by atoms with van der Waals surface area (Å²) in [5.41, 5.74) is 6.05. The lowest BCUT2D eigenvalue weighted by atomic mass is 9.84. The molecule has 57 heavy (non-hydrogen) atoms. The summed E-state index contributed by atoms with van der Waals surface area (Å²) in [6.45, 7) is 6.20. The van der Waals surface area contributed by atoms with Crippen molar-refractivity contribution in [3.63, 3.8) is 0 Å². The molecule has 0 unspecified atom stereocenters. The van der Waals surface area contributed by atoms with Crippen LogP contribution in [0.5, 0.6) is 23.0 Å². The topological polar surface area (TPSA) is 139 Å². The van der Waals surface area contributed by atoms with Crippen LogP contribution in [-0.2, 0) is 56.4 Å². The van der Waals surface area contributed by atoms with Gasteiger partial charge in [0, 0.05) is 49.0 Å². The number of fused-ring (bicyclic) bond motifs is 1. The fourth-order valence-electron chi connectivity index (χ4n) is 8.24. The maximum Gasteiger partial charge on any atom is 0.331 e. The van der Waals surface area contributed by atoms with Crippen molar-refractivity contribution in [1.29, 1.82) is 0 Å². The zero-order valence-electron chi connectivity index (χ0n) is 34.1. The molecule has 0 aromatic heterocycles. The third-order valence-corrected chi connectivity index (χ3v) is 11.5. The van der Waals surface area contributed by atoms with E-state index in [1.165, 1.54) is 11.1 Å². The van der Waals surface area contributed by atoms with Crippen LogP contribution in [0.2, 0.25) is 0 Å². The number of hydrogen-bond donors (Lipinski definition) is 2. The number of carbonyl (C=O) groups is 2. The Hall–Kier alpha value is -4.66. The van der Waals surface area contributed by atoms with E-state index in [1.807, 2.05) is 30.3 Å². The molecule has 0 bridgehead atoms. The Bertz CT molecular complexity index is 1800. The lowest BCUT2D eigenvalue weighted by Crippen LogP contribution is -2.55. The lowest BCUT2D eigenvalue weighted by Gasteiger charge is -2.46. The fraction of sp³-hybridized carbons (Fsp3) is 0.500. The standard InChI is InChI=1S/C44H60N2O11/c1-45(17-14-34-27-35(30-47)36(31-48)28-38(34)39(45)24-32-8-10-37(51-2)11-9-32)15-6-20-56-42(49)12-13-43(50)57-21-7-16-46(18-22-55-23-19-46)29-33-25-40(52-3)44(54-5)41(26-33)53-4/h8-13,25-28,39,47-48H,6-7,14-24,29-31H2,1-5H3/q+2/t39-,45-/m1/s1. The van der Waals surface area contributed by atoms with Crippen LogP contribution in [-0.4, -0.2) is 126 Å². The molecular formula is C44H60N2O11+2. The molecule has 3 aromatic carbocycles. The van der Waals surface area contributed by atoms with Crippen LogP contribution in [0.1, 0.15) is 52.3 Å². The van der Waals surface area contributed by atoms with E-state index in [4.69, 9.17) is 33.2 Å². The van der Waals surface area contributed by atoms with Gasteiger partial charge in [-0.25, -0.2) is 9.59 Å². The first-order valence-electron chi connectivity index (χ1n) is 19.7. The van der Waals surface area contributed by atoms with Gasteiger partial charge in [-0.2, -0.15) is 0 Å². The molecule has 3 aromatic rings. The first-order valence-corrected chi connectivity index (χ1v) is 19.7. The number of hydrogen-bond acceptors (Lipinski definition) is 11. The monoisotopic (exact) mass is 792 g/mol. The summed E-state index contributed by atoms with van der Waals surface area (Å²) in [7, 11) is 8.66. The minimum absolute atomic E-state index is 0.0835. The fourth-order valence-corrected chi connectivity index (χ4v) is 8.24. The van der Waals surface area contributed by atoms with Gasteiger partial charge in [-0.1, -0.05) is 18.2 Å². The molecular weight excluding hydrogens is 732 g/mol. The maximum absolute atomic E-state index is 12.6. The second-order valence-electron chi connectivity index (χ2n) is 15.1. The van der Waals surface area contributed by atoms with Gasteiger partial charge in [-0.05, 0) is 52.6 Å². The molecule has 0 aliphatic carbocycles. The smallest absolute Gasteiger partial charge is 0.331 e. The average molecular weight is 793 g/mol. The number of benzene rings is 3. The van der Waals surface area contributed by atoms with Crippen molar-refractivity contribution in [2.45, 2.75) is 51.5 Å². The highest BCUT2D eigenvalue weighted by Crippen LogP contribution is 2.40. The number of esters is 2. The lowest BCUT2D eigenvalue weighted by molar-refractivity contribution is -0.947. The molecule has 0 amide bonds. The van der Waals surface area contributed by atoms with Crippen molar-refractivity contribution in [2.75, 3.05) is 94.6 Å². The Morgan fingerprint density at radius 1 is 0.754 bits per heavy atom. The van der Waals surface area contributed by atoms with Gasteiger partial charge in [0.15, 0.2) is 11.5 Å². The van der Waals surface area contributed by atoms with Crippen molar-refractivity contribution >= 4 is 11.9 Å². The van der Waals surface area contributed by atoms with Gasteiger partial charge in [0.05, 0.1) is 94.8 Å². The van der Waals surface area contributed by atoms with E-state index in [0.29, 0.717) is 43.3 Å². The second-order valence-corrected chi connectivity index (χ2v) is 15.1. The van der Waals surface area contributed by atoms with Crippen LogP contribution in [0, 0.1) is 0 Å². The maximum atomic E-state index is 12.6. The first-order chi connectivity index (χ1) is 27.6. The average Bonchev–Trinajstić information content (AvgIpc) is 3.24. The van der Waals surface area contributed by atoms with E-state index in [0.717, 1.165) is 101 Å². The highest BCUT2D eigenvalue weighted by molar-refractivity contribution is 5.91. The number of aliphatic hydroxyl groups excluding tert-OH is 2. The molecule has 2 atom stereocenters. The van der Waals surface area contributed by atoms with E-state index in [2.05, 4.69) is 25.2 Å². The van der Waals surface area contributed by atoms with Crippen LogP contribution in [0.15, 0.2) is 60.7 Å². The highest BCUT2D eigenvalue weighted by atomic mass is 16.5. The number of morpholine rings is 1. The molecule has 2 N–H and O–H groups in total. The molecule has 0 spiro atoms. The van der Waals surface area contributed by atoms with Crippen LogP contribution in [0.25, 0.3) is 0 Å². The van der Waals surface area contributed by atoms with Gasteiger partial charge in [0.2, 0.25) is 5.75 Å². The van der Waals surface area contributed by atoms with Crippen LogP contribution in [0.4, 0.5) is 0 Å². The van der Waals surface area contributed by atoms with Crippen LogP contribution >= 0.6 is 0 Å². The van der Waals surface area contributed by atoms with Gasteiger partial charge in [-0.3, -0.25) is 0 Å². The summed E-state index contributed by atoms with van der Waals surface area (Å²) in [4.78, 5) is 25.1. The first kappa shape index (κ1) is 43.5. The zero-order valence-corrected chi connectivity index (χ0v) is 34.1. The Labute approximate surface area is 336 Å². The van der Waals surface area contributed by atoms with Gasteiger partial charge >= 0.3 is 11.9 Å². The van der Waals surface area contributed by atoms with E-state index in [9.17, 15) is 19.8 Å². The molecule has 2 aliphatic heterocycles. The van der Waals surface area contributed by atoms with Crippen LogP contribution < -0.4 is 18.9 Å². The van der Waals surface area contributed by atoms with Gasteiger partial charge in [-0.15, -0.1) is 0 Å². The number of aliphatic hydroxyl groups is 2. The number of ether oxygens (including phenoxy) is 7. The molecule has 1 fully saturated rings. The molecule has 1 saturated heterocycles. The SMILES string of the molecule is COc1ccc(C[C@@H]2c3cc(CO)c(CO)cc3CC[N@@+]2(C)CCCOC(=O)C=CC(=O)OCCC[N+]2(Cc3cc(OC)c(OC)c(OC)c3)CCOCC2)cc1. The summed E-state index contributed by atoms with van der Waals surface area (Å²) in [5.74, 6) is 1.36. The Morgan fingerprint density at radius 3 is 1.91 bits per heavy atom. The van der Waals surface area contributed by atoms with Crippen LogP contribution in [0.3, 0.4) is 0 Å². The molecule has 5 rings (SSSR count). The predicted octanol–water partition coefficient (Wildman–Crippen LogP) is 4.46. The Kier molecular flexibility index (Phi) is 15.8. The molecule has 2 heterocycles. The molecule has 0 radical (unpaired) electrons. The number of nitrogens with zero attached hydrogens (tertiary/aromatic N) is 2. The second kappa shape index (κ2) is 20.7. The summed E-state index contributed by atoms with van der Waals surface area (Å²) >= 11 is 0. The normalized spacial score (nSPS) is 18.8. The summed E-state index contributed by atoms with van der Waals surface area (Å²) in [6.07, 6.45) is 5.10. The molecule has 0 saturated carbocycles. The number of quaternary nitrogens is 2. The van der Waals surface area contributed by atoms with E-state index in [1.54, 1.807) is 28.4 Å². The Morgan fingerprint density at radius 2 is 1.35 bits per heavy atom. The highest BCUT2D eigenvalue weighted by Gasteiger charge is 2.39. The number of rotatable bonds is 20. The van der Waals surface area contributed by atoms with E-state index < -0.39 is 11.9 Å². The van der Waals surface area contributed by atoms with Crippen molar-refractivity contribution in [1.82, 2.24) is 0 Å². The zero-order chi connectivity index (χ0) is 40.8. The van der Waals surface area contributed by atoms with Crippen molar-refractivity contribution < 1.29 is 61.9 Å². The third kappa shape index (κ3) is 11.3. The molecule has 310 valence electrons. The minimum atomic E-state index is -0.597. The van der Waals surface area contributed by atoms with Crippen molar-refractivity contribution in [3.05, 3.63) is 94.1 Å². The molecule has 13 nitrogen and oxygen atoms in total. The van der Waals surface area contributed by atoms with E-state index >= 15 is 0 Å². The molecule has 13 heteroatoms. The molecule has 2 aliphatic rings. The van der Waals surface area contributed by atoms with Gasteiger partial charge in [0.1, 0.15) is 31.4 Å². The quantitative estimate of drug-likeness (QED) is 0.0726. The predicted molar refractivity (Wildman–Crippen MR) is 213 cm³/mol.